The highest BCUT2D eigenvalue weighted by Gasteiger charge is 2.27. The number of carbonyl (C=O) groups excluding carboxylic acids is 2. The van der Waals surface area contributed by atoms with Crippen molar-refractivity contribution in [2.75, 3.05) is 18.4 Å². The van der Waals surface area contributed by atoms with Crippen molar-refractivity contribution >= 4 is 28.2 Å². The van der Waals surface area contributed by atoms with Crippen LogP contribution in [0.1, 0.15) is 50.8 Å². The molecular formula is C21H27N3O2S. The normalized spacial score (nSPS) is 14.0. The van der Waals surface area contributed by atoms with Crippen molar-refractivity contribution in [1.29, 1.82) is 0 Å². The molecule has 27 heavy (non-hydrogen) atoms. The molecule has 2 amide bonds. The molecule has 1 aromatic heterocycles. The van der Waals surface area contributed by atoms with Crippen LogP contribution in [0.3, 0.4) is 0 Å². The van der Waals surface area contributed by atoms with Gasteiger partial charge in [-0.05, 0) is 49.9 Å². The first kappa shape index (κ1) is 19.6. The summed E-state index contributed by atoms with van der Waals surface area (Å²) in [5.74, 6) is -0.577. The molecule has 2 aromatic rings. The molecule has 1 aromatic carbocycles. The van der Waals surface area contributed by atoms with Gasteiger partial charge in [0, 0.05) is 18.0 Å². The molecule has 0 spiro atoms. The molecule has 5 nitrogen and oxygen atoms in total. The van der Waals surface area contributed by atoms with Crippen LogP contribution in [0.25, 0.3) is 0 Å². The van der Waals surface area contributed by atoms with Gasteiger partial charge in [-0.25, -0.2) is 0 Å². The zero-order valence-electron chi connectivity index (χ0n) is 16.2. The number of nitrogens with zero attached hydrogens (tertiary/aromatic N) is 1. The fourth-order valence-corrected chi connectivity index (χ4v) is 5.01. The van der Waals surface area contributed by atoms with E-state index >= 15 is 0 Å². The molecule has 1 aliphatic heterocycles. The molecule has 0 radical (unpaired) electrons. The predicted molar refractivity (Wildman–Crippen MR) is 110 cm³/mol. The summed E-state index contributed by atoms with van der Waals surface area (Å²) in [6.07, 6.45) is 2.19. The molecule has 3 N–H and O–H groups in total. The van der Waals surface area contributed by atoms with E-state index in [4.69, 9.17) is 5.73 Å². The van der Waals surface area contributed by atoms with E-state index in [1.54, 1.807) is 0 Å². The Bertz CT molecular complexity index is 873. The summed E-state index contributed by atoms with van der Waals surface area (Å²) in [7, 11) is 0. The lowest BCUT2D eigenvalue weighted by molar-refractivity contribution is -0.115. The summed E-state index contributed by atoms with van der Waals surface area (Å²) in [5.41, 5.74) is 10.4. The van der Waals surface area contributed by atoms with Gasteiger partial charge in [0.2, 0.25) is 5.91 Å². The van der Waals surface area contributed by atoms with Crippen molar-refractivity contribution in [3.63, 3.8) is 0 Å². The highest BCUT2D eigenvalue weighted by Crippen LogP contribution is 2.37. The van der Waals surface area contributed by atoms with E-state index in [1.807, 2.05) is 26.0 Å². The third-order valence-corrected chi connectivity index (χ3v) is 6.16. The third kappa shape index (κ3) is 4.39. The number of carbonyl (C=O) groups is 2. The first-order valence-electron chi connectivity index (χ1n) is 9.41. The van der Waals surface area contributed by atoms with Gasteiger partial charge in [-0.1, -0.05) is 30.7 Å². The highest BCUT2D eigenvalue weighted by molar-refractivity contribution is 7.17. The first-order valence-corrected chi connectivity index (χ1v) is 10.2. The monoisotopic (exact) mass is 385 g/mol. The minimum Gasteiger partial charge on any atom is -0.365 e. The van der Waals surface area contributed by atoms with Crippen LogP contribution in [0, 0.1) is 13.8 Å². The number of thiophene rings is 1. The third-order valence-electron chi connectivity index (χ3n) is 5.02. The van der Waals surface area contributed by atoms with Crippen molar-refractivity contribution in [3.8, 4) is 0 Å². The Labute approximate surface area is 164 Å². The van der Waals surface area contributed by atoms with Crippen LogP contribution in [0.15, 0.2) is 18.2 Å². The number of primary amides is 1. The number of hydrogen-bond acceptors (Lipinski definition) is 4. The summed E-state index contributed by atoms with van der Waals surface area (Å²) < 4.78 is 0. The Morgan fingerprint density at radius 2 is 2.07 bits per heavy atom. The molecule has 0 aliphatic carbocycles. The van der Waals surface area contributed by atoms with E-state index in [9.17, 15) is 9.59 Å². The fraction of sp³-hybridized carbons (Fsp3) is 0.429. The maximum Gasteiger partial charge on any atom is 0.251 e. The van der Waals surface area contributed by atoms with E-state index in [0.29, 0.717) is 10.6 Å². The average molecular weight is 386 g/mol. The summed E-state index contributed by atoms with van der Waals surface area (Å²) in [4.78, 5) is 28.2. The van der Waals surface area contributed by atoms with Crippen LogP contribution in [0.5, 0.6) is 0 Å². The first-order chi connectivity index (χ1) is 12.9. The minimum atomic E-state index is -0.460. The lowest BCUT2D eigenvalue weighted by Crippen LogP contribution is -2.31. The molecule has 1 aliphatic rings. The predicted octanol–water partition coefficient (Wildman–Crippen LogP) is 3.41. The molecular weight excluding hydrogens is 358 g/mol. The standard InChI is InChI=1S/C21H27N3O2S/c1-4-8-24-9-7-16-17(12-24)27-21(19(16)20(22)26)23-18(25)11-15-6-5-13(2)10-14(15)3/h5-6,10H,4,7-9,11-12H2,1-3H3,(H2,22,26)(H,23,25). The van der Waals surface area contributed by atoms with Crippen molar-refractivity contribution in [3.05, 3.63) is 50.9 Å². The number of nitrogens with one attached hydrogen (secondary N) is 1. The second-order valence-corrected chi connectivity index (χ2v) is 8.36. The number of aryl methyl sites for hydroxylation is 2. The van der Waals surface area contributed by atoms with E-state index < -0.39 is 5.91 Å². The lowest BCUT2D eigenvalue weighted by atomic mass is 10.0. The Hall–Kier alpha value is -2.18. The second kappa shape index (κ2) is 8.23. The lowest BCUT2D eigenvalue weighted by Gasteiger charge is -2.26. The van der Waals surface area contributed by atoms with Gasteiger partial charge in [0.05, 0.1) is 12.0 Å². The summed E-state index contributed by atoms with van der Waals surface area (Å²) in [6, 6.07) is 6.07. The van der Waals surface area contributed by atoms with E-state index in [1.165, 1.54) is 16.9 Å². The number of benzene rings is 1. The van der Waals surface area contributed by atoms with Gasteiger partial charge < -0.3 is 11.1 Å². The van der Waals surface area contributed by atoms with Crippen LogP contribution >= 0.6 is 11.3 Å². The molecule has 6 heteroatoms. The molecule has 0 fully saturated rings. The molecule has 0 atom stereocenters. The van der Waals surface area contributed by atoms with Crippen LogP contribution in [0.2, 0.25) is 0 Å². The zero-order valence-corrected chi connectivity index (χ0v) is 17.0. The zero-order chi connectivity index (χ0) is 19.6. The van der Waals surface area contributed by atoms with Crippen LogP contribution in [0.4, 0.5) is 5.00 Å². The topological polar surface area (TPSA) is 75.4 Å². The largest absolute Gasteiger partial charge is 0.365 e. The van der Waals surface area contributed by atoms with Crippen molar-refractivity contribution in [1.82, 2.24) is 4.90 Å². The summed E-state index contributed by atoms with van der Waals surface area (Å²) in [6.45, 7) is 8.99. The summed E-state index contributed by atoms with van der Waals surface area (Å²) in [5, 5.41) is 3.54. The van der Waals surface area contributed by atoms with Gasteiger partial charge >= 0.3 is 0 Å². The number of nitrogens with two attached hydrogens (primary N) is 1. The van der Waals surface area contributed by atoms with Crippen molar-refractivity contribution in [2.24, 2.45) is 5.73 Å². The number of anilines is 1. The second-order valence-electron chi connectivity index (χ2n) is 7.25. The Balaban J connectivity index is 1.80. The molecule has 0 bridgehead atoms. The van der Waals surface area contributed by atoms with E-state index in [0.717, 1.165) is 54.0 Å². The van der Waals surface area contributed by atoms with E-state index in [-0.39, 0.29) is 12.3 Å². The maximum atomic E-state index is 12.6. The highest BCUT2D eigenvalue weighted by atomic mass is 32.1. The van der Waals surface area contributed by atoms with Crippen molar-refractivity contribution < 1.29 is 9.59 Å². The molecule has 2 heterocycles. The SMILES string of the molecule is CCCN1CCc2c(sc(NC(=O)Cc3ccc(C)cc3C)c2C(N)=O)C1. The molecule has 0 unspecified atom stereocenters. The van der Waals surface area contributed by atoms with Gasteiger partial charge in [0.15, 0.2) is 0 Å². The Morgan fingerprint density at radius 1 is 1.30 bits per heavy atom. The number of hydrogen-bond donors (Lipinski definition) is 2. The molecule has 144 valence electrons. The molecule has 0 saturated heterocycles. The number of rotatable bonds is 6. The van der Waals surface area contributed by atoms with Crippen LogP contribution in [-0.4, -0.2) is 29.8 Å². The quantitative estimate of drug-likeness (QED) is 0.800. The minimum absolute atomic E-state index is 0.117. The van der Waals surface area contributed by atoms with Gasteiger partial charge in [-0.15, -0.1) is 11.3 Å². The summed E-state index contributed by atoms with van der Waals surface area (Å²) >= 11 is 1.49. The maximum absolute atomic E-state index is 12.6. The van der Waals surface area contributed by atoms with Crippen molar-refractivity contribution in [2.45, 2.75) is 46.6 Å². The van der Waals surface area contributed by atoms with Gasteiger partial charge in [0.25, 0.3) is 5.91 Å². The average Bonchev–Trinajstić information content (AvgIpc) is 2.94. The molecule has 0 saturated carbocycles. The number of fused-ring (bicyclic) bond motifs is 1. The van der Waals surface area contributed by atoms with Crippen LogP contribution in [-0.2, 0) is 24.2 Å². The Kier molecular flexibility index (Phi) is 5.97. The van der Waals surface area contributed by atoms with Gasteiger partial charge in [-0.2, -0.15) is 0 Å². The molecule has 3 rings (SSSR count). The fourth-order valence-electron chi connectivity index (χ4n) is 3.70. The van der Waals surface area contributed by atoms with Gasteiger partial charge in [-0.3, -0.25) is 14.5 Å². The van der Waals surface area contributed by atoms with Crippen LogP contribution < -0.4 is 11.1 Å². The Morgan fingerprint density at radius 3 is 2.74 bits per heavy atom. The number of amides is 2. The van der Waals surface area contributed by atoms with Gasteiger partial charge in [0.1, 0.15) is 5.00 Å². The smallest absolute Gasteiger partial charge is 0.251 e. The van der Waals surface area contributed by atoms with E-state index in [2.05, 4.69) is 23.2 Å².